The minimum absolute atomic E-state index is 0.219. The lowest BCUT2D eigenvalue weighted by atomic mass is 10.3. The van der Waals surface area contributed by atoms with E-state index < -0.39 is 0 Å². The molecule has 0 amide bonds. The lowest BCUT2D eigenvalue weighted by Crippen LogP contribution is -2.22. The van der Waals surface area contributed by atoms with Gasteiger partial charge in [0.2, 0.25) is 11.9 Å². The summed E-state index contributed by atoms with van der Waals surface area (Å²) in [6, 6.07) is 0.485. The Balaban J connectivity index is 2.06. The van der Waals surface area contributed by atoms with Gasteiger partial charge in [-0.25, -0.2) is 5.84 Å². The molecule has 1 unspecified atom stereocenters. The Kier molecular flexibility index (Phi) is 4.48. The van der Waals surface area contributed by atoms with Gasteiger partial charge in [0.25, 0.3) is 0 Å². The van der Waals surface area contributed by atoms with Crippen LogP contribution in [0.2, 0.25) is 0 Å². The van der Waals surface area contributed by atoms with Crippen molar-refractivity contribution < 1.29 is 9.47 Å². The zero-order chi connectivity index (χ0) is 12.8. The van der Waals surface area contributed by atoms with Gasteiger partial charge in [-0.05, 0) is 12.8 Å². The highest BCUT2D eigenvalue weighted by Gasteiger charge is 2.17. The molecule has 1 aliphatic rings. The molecule has 2 heterocycles. The van der Waals surface area contributed by atoms with E-state index >= 15 is 0 Å². The molecule has 18 heavy (non-hydrogen) atoms. The second-order valence-corrected chi connectivity index (χ2v) is 3.96. The first-order valence-corrected chi connectivity index (χ1v) is 6.01. The van der Waals surface area contributed by atoms with Crippen molar-refractivity contribution in [1.29, 1.82) is 0 Å². The zero-order valence-corrected chi connectivity index (χ0v) is 10.3. The van der Waals surface area contributed by atoms with Gasteiger partial charge in [-0.15, -0.1) is 0 Å². The molecule has 1 aliphatic heterocycles. The Hall–Kier alpha value is -1.67. The SMILES string of the molecule is CCCOc1nc(NN)nc(NC2CCOC2)n1. The van der Waals surface area contributed by atoms with Crippen molar-refractivity contribution >= 4 is 11.9 Å². The van der Waals surface area contributed by atoms with Crippen LogP contribution in [0.5, 0.6) is 6.01 Å². The third-order valence-corrected chi connectivity index (χ3v) is 2.44. The third-order valence-electron chi connectivity index (χ3n) is 2.44. The van der Waals surface area contributed by atoms with Crippen LogP contribution in [0.15, 0.2) is 0 Å². The van der Waals surface area contributed by atoms with Gasteiger partial charge in [0.15, 0.2) is 0 Å². The molecule has 0 spiro atoms. The summed E-state index contributed by atoms with van der Waals surface area (Å²) in [5, 5.41) is 3.17. The number of hydrazine groups is 1. The van der Waals surface area contributed by atoms with Crippen LogP contribution in [-0.4, -0.2) is 40.8 Å². The maximum absolute atomic E-state index is 5.37. The van der Waals surface area contributed by atoms with Crippen molar-refractivity contribution in [2.24, 2.45) is 5.84 Å². The lowest BCUT2D eigenvalue weighted by Gasteiger charge is -2.12. The van der Waals surface area contributed by atoms with E-state index in [2.05, 4.69) is 25.7 Å². The number of rotatable bonds is 6. The zero-order valence-electron chi connectivity index (χ0n) is 10.3. The Bertz CT molecular complexity index is 383. The minimum Gasteiger partial charge on any atom is -0.463 e. The normalized spacial score (nSPS) is 18.7. The fourth-order valence-electron chi connectivity index (χ4n) is 1.57. The molecule has 1 atom stereocenters. The summed E-state index contributed by atoms with van der Waals surface area (Å²) < 4.78 is 10.6. The van der Waals surface area contributed by atoms with Crippen LogP contribution in [0.3, 0.4) is 0 Å². The maximum Gasteiger partial charge on any atom is 0.323 e. The molecule has 8 nitrogen and oxygen atoms in total. The Labute approximate surface area is 105 Å². The van der Waals surface area contributed by atoms with Gasteiger partial charge in [-0.1, -0.05) is 6.92 Å². The van der Waals surface area contributed by atoms with E-state index in [1.54, 1.807) is 0 Å². The summed E-state index contributed by atoms with van der Waals surface area (Å²) in [6.07, 6.45) is 1.82. The van der Waals surface area contributed by atoms with Crippen molar-refractivity contribution in [3.63, 3.8) is 0 Å². The van der Waals surface area contributed by atoms with E-state index in [9.17, 15) is 0 Å². The van der Waals surface area contributed by atoms with Crippen LogP contribution in [0.4, 0.5) is 11.9 Å². The van der Waals surface area contributed by atoms with E-state index in [1.165, 1.54) is 0 Å². The molecule has 8 heteroatoms. The summed E-state index contributed by atoms with van der Waals surface area (Å²) in [7, 11) is 0. The number of nitrogens with two attached hydrogens (primary N) is 1. The number of hydrogen-bond donors (Lipinski definition) is 3. The van der Waals surface area contributed by atoms with E-state index in [0.717, 1.165) is 19.4 Å². The number of nitrogen functional groups attached to an aromatic ring is 1. The molecule has 1 aromatic heterocycles. The summed E-state index contributed by atoms with van der Waals surface area (Å²) in [5.41, 5.74) is 2.40. The van der Waals surface area contributed by atoms with Crippen molar-refractivity contribution in [2.45, 2.75) is 25.8 Å². The molecule has 4 N–H and O–H groups in total. The van der Waals surface area contributed by atoms with Gasteiger partial charge in [-0.3, -0.25) is 5.43 Å². The first kappa shape index (κ1) is 12.8. The van der Waals surface area contributed by atoms with Gasteiger partial charge < -0.3 is 14.8 Å². The summed E-state index contributed by atoms with van der Waals surface area (Å²) >= 11 is 0. The topological polar surface area (TPSA) is 107 Å². The van der Waals surface area contributed by atoms with Crippen molar-refractivity contribution in [3.05, 3.63) is 0 Å². The van der Waals surface area contributed by atoms with Crippen LogP contribution in [0.1, 0.15) is 19.8 Å². The molecule has 0 aliphatic carbocycles. The highest BCUT2D eigenvalue weighted by molar-refractivity contribution is 5.35. The van der Waals surface area contributed by atoms with Gasteiger partial charge in [0.1, 0.15) is 0 Å². The van der Waals surface area contributed by atoms with Gasteiger partial charge in [0, 0.05) is 6.61 Å². The van der Waals surface area contributed by atoms with E-state index in [1.807, 2.05) is 6.92 Å². The number of ether oxygens (including phenoxy) is 2. The van der Waals surface area contributed by atoms with Crippen LogP contribution >= 0.6 is 0 Å². The third kappa shape index (κ3) is 3.41. The number of nitrogens with one attached hydrogen (secondary N) is 2. The largest absolute Gasteiger partial charge is 0.463 e. The molecular formula is C10H18N6O2. The lowest BCUT2D eigenvalue weighted by molar-refractivity contribution is 0.195. The predicted molar refractivity (Wildman–Crippen MR) is 66.3 cm³/mol. The van der Waals surface area contributed by atoms with E-state index in [4.69, 9.17) is 15.3 Å². The molecule has 2 rings (SSSR count). The smallest absolute Gasteiger partial charge is 0.323 e. The molecular weight excluding hydrogens is 236 g/mol. The average Bonchev–Trinajstić information content (AvgIpc) is 2.89. The second kappa shape index (κ2) is 6.31. The monoisotopic (exact) mass is 254 g/mol. The fraction of sp³-hybridized carbons (Fsp3) is 0.700. The number of anilines is 2. The van der Waals surface area contributed by atoms with Crippen molar-refractivity contribution in [1.82, 2.24) is 15.0 Å². The fourth-order valence-corrected chi connectivity index (χ4v) is 1.57. The average molecular weight is 254 g/mol. The highest BCUT2D eigenvalue weighted by Crippen LogP contribution is 2.14. The van der Waals surface area contributed by atoms with Crippen LogP contribution in [0.25, 0.3) is 0 Å². The molecule has 0 bridgehead atoms. The molecule has 1 aromatic rings. The standard InChI is InChI=1S/C10H18N6O2/c1-2-4-18-10-14-8(13-9(15-10)16-11)12-7-3-5-17-6-7/h7H,2-6,11H2,1H3,(H2,12,13,14,15,16). The molecule has 0 saturated carbocycles. The number of nitrogens with zero attached hydrogens (tertiary/aromatic N) is 3. The van der Waals surface area contributed by atoms with Crippen molar-refractivity contribution in [2.75, 3.05) is 30.6 Å². The van der Waals surface area contributed by atoms with Crippen LogP contribution in [0, 0.1) is 0 Å². The van der Waals surface area contributed by atoms with Crippen LogP contribution in [-0.2, 0) is 4.74 Å². The molecule has 100 valence electrons. The molecule has 1 saturated heterocycles. The summed E-state index contributed by atoms with van der Waals surface area (Å²) in [5.74, 6) is 6.03. The number of aromatic nitrogens is 3. The first-order valence-electron chi connectivity index (χ1n) is 6.01. The van der Waals surface area contributed by atoms with Gasteiger partial charge >= 0.3 is 6.01 Å². The van der Waals surface area contributed by atoms with Gasteiger partial charge in [0.05, 0.1) is 19.3 Å². The maximum atomic E-state index is 5.37. The molecule has 0 aromatic carbocycles. The predicted octanol–water partition coefficient (Wildman–Crippen LogP) is 0.147. The first-order chi connectivity index (χ1) is 8.81. The summed E-state index contributed by atoms with van der Waals surface area (Å²) in [4.78, 5) is 12.3. The quantitative estimate of drug-likeness (QED) is 0.486. The Morgan fingerprint density at radius 3 is 2.89 bits per heavy atom. The van der Waals surface area contributed by atoms with Gasteiger partial charge in [-0.2, -0.15) is 15.0 Å². The highest BCUT2D eigenvalue weighted by atomic mass is 16.5. The number of hydrogen-bond acceptors (Lipinski definition) is 8. The van der Waals surface area contributed by atoms with E-state index in [-0.39, 0.29) is 18.0 Å². The second-order valence-electron chi connectivity index (χ2n) is 3.96. The Morgan fingerprint density at radius 1 is 1.39 bits per heavy atom. The molecule has 0 radical (unpaired) electrons. The minimum atomic E-state index is 0.219. The van der Waals surface area contributed by atoms with Crippen LogP contribution < -0.4 is 21.3 Å². The summed E-state index contributed by atoms with van der Waals surface area (Å²) in [6.45, 7) is 3.98. The Morgan fingerprint density at radius 2 is 2.22 bits per heavy atom. The van der Waals surface area contributed by atoms with Crippen molar-refractivity contribution in [3.8, 4) is 6.01 Å². The molecule has 1 fully saturated rings. The van der Waals surface area contributed by atoms with E-state index in [0.29, 0.717) is 19.2 Å².